The van der Waals surface area contributed by atoms with E-state index in [0.29, 0.717) is 29.3 Å². The number of hydrogen-bond donors (Lipinski definition) is 3. The maximum Gasteiger partial charge on any atom is 0.261 e. The number of anilines is 2. The highest BCUT2D eigenvalue weighted by Crippen LogP contribution is 2.21. The summed E-state index contributed by atoms with van der Waals surface area (Å²) in [4.78, 5) is 12.8. The molecule has 0 saturated heterocycles. The van der Waals surface area contributed by atoms with Crippen LogP contribution in [0.15, 0.2) is 102 Å². The van der Waals surface area contributed by atoms with Gasteiger partial charge in [-0.25, -0.2) is 8.42 Å². The van der Waals surface area contributed by atoms with Crippen LogP contribution in [0.5, 0.6) is 5.75 Å². The zero-order valence-electron chi connectivity index (χ0n) is 21.6. The molecule has 0 heterocycles. The minimum Gasteiger partial charge on any atom is -0.493 e. The van der Waals surface area contributed by atoms with Gasteiger partial charge in [0.2, 0.25) is 0 Å². The van der Waals surface area contributed by atoms with Gasteiger partial charge in [0, 0.05) is 23.4 Å². The van der Waals surface area contributed by atoms with Gasteiger partial charge in [0.25, 0.3) is 15.9 Å². The largest absolute Gasteiger partial charge is 0.493 e. The third kappa shape index (κ3) is 8.13. The van der Waals surface area contributed by atoms with Crippen LogP contribution in [0.25, 0.3) is 0 Å². The molecule has 4 rings (SSSR count). The fraction of sp³-hybridized carbons (Fsp3) is 0.133. The number of sulfonamides is 1. The number of amides is 1. The monoisotopic (exact) mass is 559 g/mol. The minimum atomic E-state index is -3.77. The molecular formula is C30H29N3O4S2. The first-order valence-corrected chi connectivity index (χ1v) is 14.2. The number of hydrogen-bond acceptors (Lipinski definition) is 5. The quantitative estimate of drug-likeness (QED) is 0.223. The molecule has 0 spiro atoms. The summed E-state index contributed by atoms with van der Waals surface area (Å²) in [5, 5.41) is 5.63. The van der Waals surface area contributed by atoms with Crippen LogP contribution in [-0.2, 0) is 16.4 Å². The molecule has 0 aliphatic rings. The Bertz CT molecular complexity index is 1550. The molecule has 4 aromatic rings. The molecule has 200 valence electrons. The summed E-state index contributed by atoms with van der Waals surface area (Å²) in [6.45, 7) is 4.30. The Kier molecular flexibility index (Phi) is 8.96. The molecule has 0 aromatic heterocycles. The number of aryl methyl sites for hydroxylation is 2. The summed E-state index contributed by atoms with van der Waals surface area (Å²) in [5.74, 6) is 0.196. The Labute approximate surface area is 234 Å². The zero-order chi connectivity index (χ0) is 27.8. The Morgan fingerprint density at radius 1 is 0.821 bits per heavy atom. The van der Waals surface area contributed by atoms with E-state index in [1.54, 1.807) is 48.5 Å². The lowest BCUT2D eigenvalue weighted by molar-refractivity contribution is 0.0977. The SMILES string of the molecule is Cc1cc(C)cc(NS(=O)(=O)c2ccc(NC(=S)NC(=O)c3cccc(OCCc4ccccc4)c3)cc2)c1. The standard InChI is InChI=1S/C30H29N3O4S2/c1-21-17-22(2)19-26(18-21)33-39(35,36)28-13-11-25(12-14-28)31-30(38)32-29(34)24-9-6-10-27(20-24)37-16-15-23-7-4-3-5-8-23/h3-14,17-20,33H,15-16H2,1-2H3,(H2,31,32,34,38). The normalized spacial score (nSPS) is 10.9. The van der Waals surface area contributed by atoms with Crippen molar-refractivity contribution >= 4 is 44.6 Å². The maximum atomic E-state index is 12.8. The van der Waals surface area contributed by atoms with Gasteiger partial charge in [-0.1, -0.05) is 42.5 Å². The van der Waals surface area contributed by atoms with Crippen molar-refractivity contribution in [2.75, 3.05) is 16.6 Å². The molecule has 9 heteroatoms. The van der Waals surface area contributed by atoms with Crippen molar-refractivity contribution in [3.05, 3.63) is 119 Å². The van der Waals surface area contributed by atoms with E-state index in [1.807, 2.05) is 50.2 Å². The van der Waals surface area contributed by atoms with Crippen molar-refractivity contribution in [3.63, 3.8) is 0 Å². The predicted molar refractivity (Wildman–Crippen MR) is 159 cm³/mol. The molecule has 4 aromatic carbocycles. The van der Waals surface area contributed by atoms with Crippen molar-refractivity contribution in [1.29, 1.82) is 0 Å². The number of rotatable bonds is 9. The van der Waals surface area contributed by atoms with Crippen molar-refractivity contribution in [2.45, 2.75) is 25.2 Å². The number of carbonyl (C=O) groups is 1. The van der Waals surface area contributed by atoms with E-state index in [1.165, 1.54) is 17.7 Å². The molecule has 0 saturated carbocycles. The van der Waals surface area contributed by atoms with Crippen LogP contribution in [0.1, 0.15) is 27.0 Å². The molecular weight excluding hydrogens is 530 g/mol. The van der Waals surface area contributed by atoms with Gasteiger partial charge in [-0.15, -0.1) is 0 Å². The topological polar surface area (TPSA) is 96.5 Å². The smallest absolute Gasteiger partial charge is 0.261 e. The van der Waals surface area contributed by atoms with E-state index in [4.69, 9.17) is 17.0 Å². The highest BCUT2D eigenvalue weighted by atomic mass is 32.2. The molecule has 0 fully saturated rings. The second kappa shape index (κ2) is 12.6. The van der Waals surface area contributed by atoms with Crippen LogP contribution in [0.2, 0.25) is 0 Å². The number of thiocarbonyl (C=S) groups is 1. The summed E-state index contributed by atoms with van der Waals surface area (Å²) in [7, 11) is -3.77. The van der Waals surface area contributed by atoms with Gasteiger partial charge in [-0.2, -0.15) is 0 Å². The van der Waals surface area contributed by atoms with Crippen LogP contribution in [0.4, 0.5) is 11.4 Å². The highest BCUT2D eigenvalue weighted by Gasteiger charge is 2.15. The van der Waals surface area contributed by atoms with Gasteiger partial charge in [0.05, 0.1) is 11.5 Å². The molecule has 0 unspecified atom stereocenters. The van der Waals surface area contributed by atoms with Crippen molar-refractivity contribution < 1.29 is 17.9 Å². The summed E-state index contributed by atoms with van der Waals surface area (Å²) < 4.78 is 34.0. The van der Waals surface area contributed by atoms with Crippen molar-refractivity contribution in [2.24, 2.45) is 0 Å². The van der Waals surface area contributed by atoms with Gasteiger partial charge < -0.3 is 10.1 Å². The van der Waals surface area contributed by atoms with Crippen LogP contribution < -0.4 is 20.1 Å². The Hall–Kier alpha value is -4.21. The molecule has 7 nitrogen and oxygen atoms in total. The summed E-state index contributed by atoms with van der Waals surface area (Å²) in [5.41, 5.74) is 4.53. The lowest BCUT2D eigenvalue weighted by atomic mass is 10.1. The Morgan fingerprint density at radius 3 is 2.21 bits per heavy atom. The number of benzene rings is 4. The summed E-state index contributed by atoms with van der Waals surface area (Å²) in [6, 6.07) is 28.5. The number of ether oxygens (including phenoxy) is 1. The molecule has 0 aliphatic carbocycles. The highest BCUT2D eigenvalue weighted by molar-refractivity contribution is 7.92. The summed E-state index contributed by atoms with van der Waals surface area (Å²) >= 11 is 5.28. The first-order chi connectivity index (χ1) is 18.7. The van der Waals surface area contributed by atoms with E-state index < -0.39 is 15.9 Å². The lowest BCUT2D eigenvalue weighted by Gasteiger charge is -2.12. The van der Waals surface area contributed by atoms with Gasteiger partial charge in [-0.05, 0) is 97.4 Å². The molecule has 3 N–H and O–H groups in total. The van der Waals surface area contributed by atoms with Gasteiger partial charge in [0.1, 0.15) is 5.75 Å². The fourth-order valence-corrected chi connectivity index (χ4v) is 5.21. The van der Waals surface area contributed by atoms with Gasteiger partial charge in [-0.3, -0.25) is 14.8 Å². The van der Waals surface area contributed by atoms with E-state index in [-0.39, 0.29) is 10.0 Å². The second-order valence-corrected chi connectivity index (χ2v) is 11.1. The Balaban J connectivity index is 1.31. The first kappa shape index (κ1) is 27.8. The second-order valence-electron chi connectivity index (χ2n) is 9.03. The third-order valence-electron chi connectivity index (χ3n) is 5.72. The molecule has 0 radical (unpaired) electrons. The van der Waals surface area contributed by atoms with E-state index >= 15 is 0 Å². The van der Waals surface area contributed by atoms with E-state index in [2.05, 4.69) is 15.4 Å². The number of nitrogens with one attached hydrogen (secondary N) is 3. The zero-order valence-corrected chi connectivity index (χ0v) is 23.2. The fourth-order valence-electron chi connectivity index (χ4n) is 3.96. The van der Waals surface area contributed by atoms with E-state index in [9.17, 15) is 13.2 Å². The molecule has 0 bridgehead atoms. The van der Waals surface area contributed by atoms with Crippen LogP contribution in [-0.4, -0.2) is 26.0 Å². The average Bonchev–Trinajstić information content (AvgIpc) is 2.89. The van der Waals surface area contributed by atoms with Crippen molar-refractivity contribution in [1.82, 2.24) is 5.32 Å². The Morgan fingerprint density at radius 2 is 1.51 bits per heavy atom. The van der Waals surface area contributed by atoms with Crippen LogP contribution in [0, 0.1) is 13.8 Å². The molecule has 0 atom stereocenters. The van der Waals surface area contributed by atoms with Crippen molar-refractivity contribution in [3.8, 4) is 5.75 Å². The van der Waals surface area contributed by atoms with E-state index in [0.717, 1.165) is 17.5 Å². The summed E-state index contributed by atoms with van der Waals surface area (Å²) in [6.07, 6.45) is 0.757. The van der Waals surface area contributed by atoms with Crippen LogP contribution in [0.3, 0.4) is 0 Å². The first-order valence-electron chi connectivity index (χ1n) is 12.3. The lowest BCUT2D eigenvalue weighted by Crippen LogP contribution is -2.34. The minimum absolute atomic E-state index is 0.0827. The van der Waals surface area contributed by atoms with Gasteiger partial charge >= 0.3 is 0 Å². The molecule has 1 amide bonds. The average molecular weight is 560 g/mol. The predicted octanol–water partition coefficient (Wildman–Crippen LogP) is 5.85. The third-order valence-corrected chi connectivity index (χ3v) is 7.32. The van der Waals surface area contributed by atoms with Crippen LogP contribution >= 0.6 is 12.2 Å². The molecule has 39 heavy (non-hydrogen) atoms. The van der Waals surface area contributed by atoms with Gasteiger partial charge in [0.15, 0.2) is 5.11 Å². The number of carbonyl (C=O) groups excluding carboxylic acids is 1. The molecule has 0 aliphatic heterocycles. The maximum absolute atomic E-state index is 12.8.